The lowest BCUT2D eigenvalue weighted by Gasteiger charge is -2.23. The smallest absolute Gasteiger partial charge is 0.289 e. The first-order valence-electron chi connectivity index (χ1n) is 11.6. The van der Waals surface area contributed by atoms with E-state index in [0.717, 1.165) is 82.0 Å². The number of sulfonamides is 1. The van der Waals surface area contributed by atoms with Crippen molar-refractivity contribution in [2.45, 2.75) is 89.5 Å². The number of nitrogens with zero attached hydrogens (tertiary/aromatic N) is 1. The van der Waals surface area contributed by atoms with E-state index >= 15 is 0 Å². The predicted molar refractivity (Wildman–Crippen MR) is 122 cm³/mol. The summed E-state index contributed by atoms with van der Waals surface area (Å²) in [5.41, 5.74) is 2.59. The normalized spacial score (nSPS) is 19.0. The quantitative estimate of drug-likeness (QED) is 0.718. The third-order valence-corrected chi connectivity index (χ3v) is 8.65. The van der Waals surface area contributed by atoms with Crippen LogP contribution in [-0.4, -0.2) is 38.4 Å². The average molecular weight is 447 g/mol. The topological polar surface area (TPSA) is 79.6 Å². The first-order chi connectivity index (χ1) is 14.8. The SMILES string of the molecule is Cc1cc2c(C)c(C(=O)N3CCCCCC3)oc2c(S(=O)(=O)NC2CCCCC2)c1C. The first kappa shape index (κ1) is 22.3. The molecule has 1 saturated carbocycles. The molecule has 0 spiro atoms. The Morgan fingerprint density at radius 3 is 2.23 bits per heavy atom. The van der Waals surface area contributed by atoms with Crippen LogP contribution in [0.2, 0.25) is 0 Å². The molecule has 7 heteroatoms. The minimum atomic E-state index is -3.77. The molecule has 4 rings (SSSR count). The fraction of sp³-hybridized carbons (Fsp3) is 0.625. The number of fused-ring (bicyclic) bond motifs is 1. The highest BCUT2D eigenvalue weighted by Gasteiger charge is 2.31. The summed E-state index contributed by atoms with van der Waals surface area (Å²) in [6.45, 7) is 7.04. The third-order valence-electron chi connectivity index (χ3n) is 6.98. The van der Waals surface area contributed by atoms with Crippen molar-refractivity contribution in [1.29, 1.82) is 0 Å². The molecule has 2 fully saturated rings. The van der Waals surface area contributed by atoms with E-state index in [1.165, 1.54) is 0 Å². The Labute approximate surface area is 185 Å². The number of likely N-dealkylation sites (tertiary alicyclic amines) is 1. The number of nitrogens with one attached hydrogen (secondary N) is 1. The summed E-state index contributed by atoms with van der Waals surface area (Å²) in [6.07, 6.45) is 9.24. The van der Waals surface area contributed by atoms with Crippen molar-refractivity contribution in [3.05, 3.63) is 28.5 Å². The van der Waals surface area contributed by atoms with Gasteiger partial charge in [-0.1, -0.05) is 32.1 Å². The third kappa shape index (κ3) is 4.40. The average Bonchev–Trinajstić information content (AvgIpc) is 2.91. The number of hydrogen-bond donors (Lipinski definition) is 1. The van der Waals surface area contributed by atoms with Crippen LogP contribution in [0.1, 0.15) is 85.0 Å². The zero-order valence-corrected chi connectivity index (χ0v) is 19.7. The monoisotopic (exact) mass is 446 g/mol. The van der Waals surface area contributed by atoms with Gasteiger partial charge < -0.3 is 9.32 Å². The highest BCUT2D eigenvalue weighted by Crippen LogP contribution is 2.36. The van der Waals surface area contributed by atoms with Gasteiger partial charge in [-0.15, -0.1) is 0 Å². The van der Waals surface area contributed by atoms with Crippen molar-refractivity contribution in [3.63, 3.8) is 0 Å². The molecule has 1 amide bonds. The zero-order chi connectivity index (χ0) is 22.2. The molecule has 170 valence electrons. The molecular weight excluding hydrogens is 412 g/mol. The molecule has 0 bridgehead atoms. The van der Waals surface area contributed by atoms with E-state index < -0.39 is 10.0 Å². The van der Waals surface area contributed by atoms with E-state index in [9.17, 15) is 13.2 Å². The molecule has 1 aliphatic heterocycles. The summed E-state index contributed by atoms with van der Waals surface area (Å²) in [6, 6.07) is 1.91. The second-order valence-corrected chi connectivity index (χ2v) is 10.9. The maximum atomic E-state index is 13.5. The van der Waals surface area contributed by atoms with Gasteiger partial charge in [0.1, 0.15) is 4.90 Å². The summed E-state index contributed by atoms with van der Waals surface area (Å²) in [5.74, 6) is 0.144. The summed E-state index contributed by atoms with van der Waals surface area (Å²) in [7, 11) is -3.77. The van der Waals surface area contributed by atoms with Crippen molar-refractivity contribution in [2.24, 2.45) is 0 Å². The summed E-state index contributed by atoms with van der Waals surface area (Å²) < 4.78 is 35.9. The Hall–Kier alpha value is -1.86. The number of rotatable bonds is 4. The lowest BCUT2D eigenvalue weighted by molar-refractivity contribution is 0.0731. The van der Waals surface area contributed by atoms with Gasteiger partial charge in [-0.25, -0.2) is 13.1 Å². The molecule has 1 aromatic carbocycles. The zero-order valence-electron chi connectivity index (χ0n) is 18.9. The molecule has 2 aromatic rings. The Balaban J connectivity index is 1.77. The molecule has 2 heterocycles. The number of furan rings is 1. The Bertz CT molecular complexity index is 1070. The maximum absolute atomic E-state index is 13.5. The Morgan fingerprint density at radius 2 is 1.58 bits per heavy atom. The van der Waals surface area contributed by atoms with E-state index in [-0.39, 0.29) is 22.6 Å². The van der Waals surface area contributed by atoms with Gasteiger partial charge >= 0.3 is 0 Å². The highest BCUT2D eigenvalue weighted by atomic mass is 32.2. The van der Waals surface area contributed by atoms with Crippen LogP contribution in [0.4, 0.5) is 0 Å². The maximum Gasteiger partial charge on any atom is 0.289 e. The van der Waals surface area contributed by atoms with Gasteiger partial charge in [-0.05, 0) is 63.6 Å². The lowest BCUT2D eigenvalue weighted by Crippen LogP contribution is -2.36. The number of benzene rings is 1. The van der Waals surface area contributed by atoms with Crippen LogP contribution < -0.4 is 4.72 Å². The second kappa shape index (κ2) is 8.94. The fourth-order valence-corrected chi connectivity index (χ4v) is 6.74. The number of carbonyl (C=O) groups excluding carboxylic acids is 1. The molecule has 1 aliphatic carbocycles. The van der Waals surface area contributed by atoms with E-state index in [0.29, 0.717) is 16.5 Å². The molecule has 1 saturated heterocycles. The summed E-state index contributed by atoms with van der Waals surface area (Å²) >= 11 is 0. The van der Waals surface area contributed by atoms with E-state index in [4.69, 9.17) is 4.42 Å². The number of carbonyl (C=O) groups is 1. The van der Waals surface area contributed by atoms with Crippen LogP contribution in [0.5, 0.6) is 0 Å². The van der Waals surface area contributed by atoms with Crippen LogP contribution in [-0.2, 0) is 10.0 Å². The van der Waals surface area contributed by atoms with Crippen LogP contribution in [0.15, 0.2) is 15.4 Å². The minimum Gasteiger partial charge on any atom is -0.449 e. The molecule has 0 radical (unpaired) electrons. The standard InChI is InChI=1S/C24H34N2O4S/c1-16-15-20-18(3)21(24(27)26-13-9-4-5-10-14-26)30-22(20)23(17(16)2)31(28,29)25-19-11-7-6-8-12-19/h15,19,25H,4-14H2,1-3H3. The van der Waals surface area contributed by atoms with Gasteiger partial charge in [-0.3, -0.25) is 4.79 Å². The molecule has 1 N–H and O–H groups in total. The van der Waals surface area contributed by atoms with E-state index in [1.807, 2.05) is 31.7 Å². The van der Waals surface area contributed by atoms with E-state index in [2.05, 4.69) is 4.72 Å². The van der Waals surface area contributed by atoms with Crippen molar-refractivity contribution in [1.82, 2.24) is 9.62 Å². The molecule has 0 unspecified atom stereocenters. The Kier molecular flexibility index (Phi) is 6.44. The van der Waals surface area contributed by atoms with Crippen molar-refractivity contribution < 1.29 is 17.6 Å². The molecule has 31 heavy (non-hydrogen) atoms. The van der Waals surface area contributed by atoms with Crippen molar-refractivity contribution >= 4 is 26.9 Å². The van der Waals surface area contributed by atoms with Gasteiger partial charge in [0, 0.05) is 30.1 Å². The van der Waals surface area contributed by atoms with E-state index in [1.54, 1.807) is 0 Å². The van der Waals surface area contributed by atoms with Gasteiger partial charge in [0.2, 0.25) is 10.0 Å². The van der Waals surface area contributed by atoms with Crippen LogP contribution in [0.3, 0.4) is 0 Å². The van der Waals surface area contributed by atoms with Crippen LogP contribution >= 0.6 is 0 Å². The molecule has 2 aliphatic rings. The van der Waals surface area contributed by atoms with Gasteiger partial charge in [0.05, 0.1) is 0 Å². The Morgan fingerprint density at radius 1 is 0.968 bits per heavy atom. The predicted octanol–water partition coefficient (Wildman–Crippen LogP) is 4.99. The molecule has 1 aromatic heterocycles. The molecule has 0 atom stereocenters. The lowest BCUT2D eigenvalue weighted by atomic mass is 9.96. The fourth-order valence-electron chi connectivity index (χ4n) is 4.99. The molecular formula is C24H34N2O4S. The van der Waals surface area contributed by atoms with Gasteiger partial charge in [0.15, 0.2) is 11.3 Å². The van der Waals surface area contributed by atoms with Crippen molar-refractivity contribution in [3.8, 4) is 0 Å². The number of hydrogen-bond acceptors (Lipinski definition) is 4. The summed E-state index contributed by atoms with van der Waals surface area (Å²) in [4.78, 5) is 15.3. The highest BCUT2D eigenvalue weighted by molar-refractivity contribution is 7.89. The van der Waals surface area contributed by atoms with Gasteiger partial charge in [-0.2, -0.15) is 0 Å². The number of aryl methyl sites for hydroxylation is 2. The van der Waals surface area contributed by atoms with Crippen molar-refractivity contribution in [2.75, 3.05) is 13.1 Å². The first-order valence-corrected chi connectivity index (χ1v) is 13.1. The summed E-state index contributed by atoms with van der Waals surface area (Å²) in [5, 5.41) is 0.713. The minimum absolute atomic E-state index is 0.0389. The van der Waals surface area contributed by atoms with Gasteiger partial charge in [0.25, 0.3) is 5.91 Å². The second-order valence-electron chi connectivity index (χ2n) is 9.24. The number of amides is 1. The largest absolute Gasteiger partial charge is 0.449 e. The molecule has 6 nitrogen and oxygen atoms in total. The van der Waals surface area contributed by atoms with Crippen LogP contribution in [0.25, 0.3) is 11.0 Å². The van der Waals surface area contributed by atoms with Crippen LogP contribution in [0, 0.1) is 20.8 Å².